The Labute approximate surface area is 106 Å². The van der Waals surface area contributed by atoms with E-state index in [1.165, 1.54) is 0 Å². The molecule has 0 fully saturated rings. The Morgan fingerprint density at radius 2 is 1.63 bits per heavy atom. The van der Waals surface area contributed by atoms with Crippen molar-refractivity contribution >= 4 is 17.3 Å². The van der Waals surface area contributed by atoms with Gasteiger partial charge in [0.05, 0.1) is 16.4 Å². The van der Waals surface area contributed by atoms with Crippen LogP contribution in [0, 0.1) is 10.1 Å². The van der Waals surface area contributed by atoms with E-state index >= 15 is 0 Å². The summed E-state index contributed by atoms with van der Waals surface area (Å²) in [6.07, 6.45) is -10.9. The van der Waals surface area contributed by atoms with Gasteiger partial charge >= 0.3 is 12.4 Å². The number of nitrogens with zero attached hydrogens (tertiary/aromatic N) is 1. The van der Waals surface area contributed by atoms with Crippen molar-refractivity contribution < 1.29 is 31.3 Å². The van der Waals surface area contributed by atoms with Gasteiger partial charge in [-0.3, -0.25) is 10.1 Å². The van der Waals surface area contributed by atoms with Gasteiger partial charge in [-0.25, -0.2) is 0 Å². The summed E-state index contributed by atoms with van der Waals surface area (Å²) < 4.78 is 75.5. The first-order valence-electron chi connectivity index (χ1n) is 4.50. The number of alkyl halides is 7. The van der Waals surface area contributed by atoms with Crippen LogP contribution in [0.5, 0.6) is 0 Å². The second kappa shape index (κ2) is 4.87. The first kappa shape index (κ1) is 15.5. The lowest BCUT2D eigenvalue weighted by atomic mass is 10.0. The van der Waals surface area contributed by atoms with Gasteiger partial charge in [0.1, 0.15) is 5.56 Å². The number of nitro benzene ring substituents is 1. The van der Waals surface area contributed by atoms with Crippen LogP contribution in [0.25, 0.3) is 0 Å². The fraction of sp³-hybridized carbons (Fsp3) is 0.333. The maximum atomic E-state index is 12.7. The summed E-state index contributed by atoms with van der Waals surface area (Å²) in [5, 5.41) is 10.6. The molecule has 0 aliphatic carbocycles. The number of rotatable bonds is 2. The third-order valence-electron chi connectivity index (χ3n) is 2.18. The third kappa shape index (κ3) is 3.09. The lowest BCUT2D eigenvalue weighted by Gasteiger charge is -2.16. The molecule has 10 heteroatoms. The molecule has 3 nitrogen and oxygen atoms in total. The van der Waals surface area contributed by atoms with E-state index in [0.717, 1.165) is 0 Å². The van der Waals surface area contributed by atoms with Crippen LogP contribution in [-0.4, -0.2) is 4.92 Å². The smallest absolute Gasteiger partial charge is 0.258 e. The molecule has 0 saturated carbocycles. The Hall–Kier alpha value is -1.51. The summed E-state index contributed by atoms with van der Waals surface area (Å²) in [6, 6.07) is 0.691. The molecule has 0 aliphatic heterocycles. The highest BCUT2D eigenvalue weighted by molar-refractivity contribution is 6.17. The number of hydrogen-bond donors (Lipinski definition) is 0. The molecule has 0 aliphatic rings. The summed E-state index contributed by atoms with van der Waals surface area (Å²) >= 11 is 5.21. The van der Waals surface area contributed by atoms with E-state index in [-0.39, 0.29) is 6.07 Å². The van der Waals surface area contributed by atoms with Gasteiger partial charge in [-0.15, -0.1) is 11.6 Å². The van der Waals surface area contributed by atoms with E-state index in [1.807, 2.05) is 0 Å². The van der Waals surface area contributed by atoms with Crippen molar-refractivity contribution in [3.05, 3.63) is 38.9 Å². The highest BCUT2D eigenvalue weighted by Gasteiger charge is 2.49. The summed E-state index contributed by atoms with van der Waals surface area (Å²) in [5.41, 5.74) is -6.74. The minimum absolute atomic E-state index is 0.132. The predicted molar refractivity (Wildman–Crippen MR) is 52.7 cm³/mol. The fourth-order valence-electron chi connectivity index (χ4n) is 1.47. The van der Waals surface area contributed by atoms with Gasteiger partial charge in [0.2, 0.25) is 0 Å². The second-order valence-corrected chi connectivity index (χ2v) is 3.65. The third-order valence-corrected chi connectivity index (χ3v) is 2.46. The van der Waals surface area contributed by atoms with Gasteiger partial charge in [-0.2, -0.15) is 26.3 Å². The molecule has 0 amide bonds. The molecule has 0 spiro atoms. The van der Waals surface area contributed by atoms with E-state index in [1.54, 1.807) is 0 Å². The molecule has 0 saturated heterocycles. The SMILES string of the molecule is O=[N+]([O-])c1c(CCl)ccc(C(F)(F)F)c1C(F)(F)F. The molecule has 1 rings (SSSR count). The average Bonchev–Trinajstić information content (AvgIpc) is 2.24. The van der Waals surface area contributed by atoms with Crippen LogP contribution < -0.4 is 0 Å². The monoisotopic (exact) mass is 307 g/mol. The van der Waals surface area contributed by atoms with Gasteiger partial charge in [-0.1, -0.05) is 6.07 Å². The van der Waals surface area contributed by atoms with Crippen molar-refractivity contribution in [3.63, 3.8) is 0 Å². The predicted octanol–water partition coefficient (Wildman–Crippen LogP) is 4.37. The number of nitro groups is 1. The van der Waals surface area contributed by atoms with Crippen LogP contribution in [0.1, 0.15) is 16.7 Å². The maximum Gasteiger partial charge on any atom is 0.423 e. The van der Waals surface area contributed by atoms with Crippen molar-refractivity contribution in [3.8, 4) is 0 Å². The van der Waals surface area contributed by atoms with Crippen molar-refractivity contribution in [1.82, 2.24) is 0 Å². The minimum Gasteiger partial charge on any atom is -0.258 e. The van der Waals surface area contributed by atoms with Gasteiger partial charge in [0.15, 0.2) is 0 Å². The summed E-state index contributed by atoms with van der Waals surface area (Å²) in [5.74, 6) is -0.711. The number of halogens is 7. The van der Waals surface area contributed by atoms with Gasteiger partial charge in [0, 0.05) is 5.56 Å². The molecule has 0 aromatic heterocycles. The molecule has 0 bridgehead atoms. The van der Waals surface area contributed by atoms with E-state index in [0.29, 0.717) is 6.07 Å². The second-order valence-electron chi connectivity index (χ2n) is 3.38. The summed E-state index contributed by atoms with van der Waals surface area (Å²) in [7, 11) is 0. The largest absolute Gasteiger partial charge is 0.423 e. The molecule has 1 aromatic rings. The van der Waals surface area contributed by atoms with Crippen LogP contribution in [0.4, 0.5) is 32.0 Å². The van der Waals surface area contributed by atoms with Crippen LogP contribution in [-0.2, 0) is 18.2 Å². The Kier molecular flexibility index (Phi) is 3.99. The molecule has 0 N–H and O–H groups in total. The topological polar surface area (TPSA) is 43.1 Å². The van der Waals surface area contributed by atoms with E-state index in [2.05, 4.69) is 0 Å². The van der Waals surface area contributed by atoms with Gasteiger partial charge in [0.25, 0.3) is 5.69 Å². The molecular formula is C9H4ClF6NO2. The molecule has 0 atom stereocenters. The van der Waals surface area contributed by atoms with Crippen molar-refractivity contribution in [1.29, 1.82) is 0 Å². The Morgan fingerprint density at radius 3 is 1.95 bits per heavy atom. The summed E-state index contributed by atoms with van der Waals surface area (Å²) in [4.78, 5) is 9.09. The van der Waals surface area contributed by atoms with Crippen molar-refractivity contribution in [2.24, 2.45) is 0 Å². The van der Waals surface area contributed by atoms with Crippen LogP contribution in [0.3, 0.4) is 0 Å². The summed E-state index contributed by atoms with van der Waals surface area (Å²) in [6.45, 7) is 0. The minimum atomic E-state index is -5.52. The van der Waals surface area contributed by atoms with Gasteiger partial charge in [-0.05, 0) is 6.07 Å². The van der Waals surface area contributed by atoms with Crippen molar-refractivity contribution in [2.45, 2.75) is 18.2 Å². The Bertz CT molecular complexity index is 511. The normalized spacial score (nSPS) is 12.6. The average molecular weight is 308 g/mol. The fourth-order valence-corrected chi connectivity index (χ4v) is 1.69. The maximum absolute atomic E-state index is 12.7. The van der Waals surface area contributed by atoms with Crippen LogP contribution in [0.15, 0.2) is 12.1 Å². The molecule has 106 valence electrons. The zero-order valence-corrected chi connectivity index (χ0v) is 9.53. The molecular weight excluding hydrogens is 304 g/mol. The number of benzene rings is 1. The quantitative estimate of drug-likeness (QED) is 0.352. The zero-order valence-electron chi connectivity index (χ0n) is 8.77. The molecule has 19 heavy (non-hydrogen) atoms. The van der Waals surface area contributed by atoms with Gasteiger partial charge < -0.3 is 0 Å². The Balaban J connectivity index is 3.81. The molecule has 0 radical (unpaired) electrons. The number of hydrogen-bond acceptors (Lipinski definition) is 2. The zero-order chi connectivity index (χ0) is 15.0. The highest BCUT2D eigenvalue weighted by atomic mass is 35.5. The molecule has 0 unspecified atom stereocenters. The van der Waals surface area contributed by atoms with E-state index in [9.17, 15) is 36.5 Å². The first-order chi connectivity index (χ1) is 8.50. The van der Waals surface area contributed by atoms with Crippen LogP contribution in [0.2, 0.25) is 0 Å². The molecule has 0 heterocycles. The standard InChI is InChI=1S/C9H4ClF6NO2/c10-3-4-1-2-5(8(11,12)13)6(9(14,15)16)7(4)17(18)19/h1-2H,3H2. The lowest BCUT2D eigenvalue weighted by Crippen LogP contribution is -2.19. The lowest BCUT2D eigenvalue weighted by molar-refractivity contribution is -0.389. The highest BCUT2D eigenvalue weighted by Crippen LogP contribution is 2.46. The Morgan fingerprint density at radius 1 is 1.11 bits per heavy atom. The van der Waals surface area contributed by atoms with E-state index < -0.39 is 45.5 Å². The molecule has 1 aromatic carbocycles. The van der Waals surface area contributed by atoms with Crippen molar-refractivity contribution in [2.75, 3.05) is 0 Å². The van der Waals surface area contributed by atoms with E-state index in [4.69, 9.17) is 11.6 Å². The van der Waals surface area contributed by atoms with Crippen LogP contribution >= 0.6 is 11.6 Å². The first-order valence-corrected chi connectivity index (χ1v) is 5.04.